The number of nitrogens with zero attached hydrogens (tertiary/aromatic N) is 2. The molecule has 2 heterocycles. The maximum absolute atomic E-state index is 13.1. The number of aryl methyl sites for hydroxylation is 1. The molecule has 4 rings (SSSR count). The van der Waals surface area contributed by atoms with Gasteiger partial charge in [0.1, 0.15) is 0 Å². The zero-order valence-corrected chi connectivity index (χ0v) is 18.4. The maximum Gasteiger partial charge on any atom is 0.317 e. The van der Waals surface area contributed by atoms with Crippen LogP contribution >= 0.6 is 0 Å². The van der Waals surface area contributed by atoms with Gasteiger partial charge in [0.25, 0.3) is 0 Å². The highest BCUT2D eigenvalue weighted by Crippen LogP contribution is 2.23. The molecule has 0 radical (unpaired) electrons. The number of amides is 2. The first-order valence-corrected chi connectivity index (χ1v) is 11.2. The fourth-order valence-corrected chi connectivity index (χ4v) is 4.19. The van der Waals surface area contributed by atoms with Crippen LogP contribution in [0.1, 0.15) is 46.1 Å². The molecule has 1 atom stereocenters. The maximum atomic E-state index is 13.1. The first-order valence-electron chi connectivity index (χ1n) is 11.2. The highest BCUT2D eigenvalue weighted by Gasteiger charge is 2.29. The number of rotatable bonds is 6. The van der Waals surface area contributed by atoms with Crippen molar-refractivity contribution in [3.05, 3.63) is 101 Å². The van der Waals surface area contributed by atoms with Gasteiger partial charge in [0, 0.05) is 30.8 Å². The molecule has 32 heavy (non-hydrogen) atoms. The number of pyridine rings is 1. The fourth-order valence-electron chi connectivity index (χ4n) is 4.19. The number of nitrogens with one attached hydrogen (secondary N) is 1. The van der Waals surface area contributed by atoms with E-state index < -0.39 is 0 Å². The number of Topliss-reactive ketones (excluding diaryl/α,β-unsaturated/α-hetero) is 1. The minimum atomic E-state index is -0.213. The molecule has 0 aliphatic carbocycles. The molecule has 5 heteroatoms. The summed E-state index contributed by atoms with van der Waals surface area (Å²) in [5.41, 5.74) is 3.96. The lowest BCUT2D eigenvalue weighted by Gasteiger charge is -2.32. The van der Waals surface area contributed by atoms with Crippen LogP contribution < -0.4 is 5.32 Å². The lowest BCUT2D eigenvalue weighted by atomic mass is 9.89. The van der Waals surface area contributed by atoms with E-state index in [1.165, 1.54) is 5.56 Å². The molecule has 3 aromatic rings. The molecule has 5 nitrogen and oxygen atoms in total. The molecule has 1 aliphatic heterocycles. The molecule has 1 N–H and O–H groups in total. The summed E-state index contributed by atoms with van der Waals surface area (Å²) < 4.78 is 0. The number of piperidine rings is 1. The summed E-state index contributed by atoms with van der Waals surface area (Å²) in [5, 5.41) is 3.18. The third-order valence-corrected chi connectivity index (χ3v) is 6.11. The van der Waals surface area contributed by atoms with Crippen molar-refractivity contribution in [3.8, 4) is 0 Å². The zero-order chi connectivity index (χ0) is 22.3. The van der Waals surface area contributed by atoms with E-state index in [0.29, 0.717) is 32.4 Å². The molecule has 1 saturated heterocycles. The summed E-state index contributed by atoms with van der Waals surface area (Å²) >= 11 is 0. The molecule has 0 bridgehead atoms. The molecule has 1 aliphatic rings. The van der Waals surface area contributed by atoms with E-state index in [2.05, 4.69) is 41.5 Å². The van der Waals surface area contributed by atoms with Crippen LogP contribution in [0.25, 0.3) is 0 Å². The van der Waals surface area contributed by atoms with Crippen LogP contribution in [-0.4, -0.2) is 34.8 Å². The Balaban J connectivity index is 1.39. The van der Waals surface area contributed by atoms with Crippen molar-refractivity contribution < 1.29 is 9.59 Å². The number of hydrogen-bond donors (Lipinski definition) is 1. The standard InChI is InChI=1S/C27H29N3O2/c1-20-10-12-21(13-11-20)19-25(24-9-5-6-16-28-24)29-27(32)30-17-14-23(15-18-30)26(31)22-7-3-2-4-8-22/h2-13,16,23,25H,14-15,17-19H2,1H3,(H,29,32). The molecular weight excluding hydrogens is 398 g/mol. The number of hydrogen-bond acceptors (Lipinski definition) is 3. The highest BCUT2D eigenvalue weighted by atomic mass is 16.2. The summed E-state index contributed by atoms with van der Waals surface area (Å²) in [6.45, 7) is 3.22. The molecule has 2 aromatic carbocycles. The zero-order valence-electron chi connectivity index (χ0n) is 18.4. The van der Waals surface area contributed by atoms with E-state index in [-0.39, 0.29) is 23.8 Å². The fraction of sp³-hybridized carbons (Fsp3) is 0.296. The Morgan fingerprint density at radius 3 is 2.31 bits per heavy atom. The van der Waals surface area contributed by atoms with Gasteiger partial charge in [-0.15, -0.1) is 0 Å². The Labute approximate surface area is 189 Å². The average Bonchev–Trinajstić information content (AvgIpc) is 2.85. The van der Waals surface area contributed by atoms with Crippen molar-refractivity contribution in [1.29, 1.82) is 0 Å². The average molecular weight is 428 g/mol. The predicted octanol–water partition coefficient (Wildman–Crippen LogP) is 4.98. The molecule has 1 aromatic heterocycles. The summed E-state index contributed by atoms with van der Waals surface area (Å²) in [7, 11) is 0. The number of aromatic nitrogens is 1. The van der Waals surface area contributed by atoms with Crippen LogP contribution in [0.4, 0.5) is 4.79 Å². The van der Waals surface area contributed by atoms with E-state index in [9.17, 15) is 9.59 Å². The van der Waals surface area contributed by atoms with Crippen molar-refractivity contribution in [2.75, 3.05) is 13.1 Å². The molecule has 1 unspecified atom stereocenters. The Morgan fingerprint density at radius 2 is 1.66 bits per heavy atom. The minimum absolute atomic E-state index is 0.0272. The van der Waals surface area contributed by atoms with Crippen molar-refractivity contribution in [1.82, 2.24) is 15.2 Å². The number of carbonyl (C=O) groups excluding carboxylic acids is 2. The largest absolute Gasteiger partial charge is 0.329 e. The van der Waals surface area contributed by atoms with Crippen molar-refractivity contribution >= 4 is 11.8 Å². The second kappa shape index (κ2) is 10.2. The van der Waals surface area contributed by atoms with Crippen LogP contribution in [0.3, 0.4) is 0 Å². The van der Waals surface area contributed by atoms with Gasteiger partial charge in [0.15, 0.2) is 5.78 Å². The Bertz CT molecular complexity index is 1030. The van der Waals surface area contributed by atoms with Crippen LogP contribution in [0.2, 0.25) is 0 Å². The monoisotopic (exact) mass is 427 g/mol. The number of carbonyl (C=O) groups is 2. The van der Waals surface area contributed by atoms with Gasteiger partial charge in [-0.1, -0.05) is 66.2 Å². The van der Waals surface area contributed by atoms with Gasteiger partial charge in [-0.05, 0) is 43.9 Å². The smallest absolute Gasteiger partial charge is 0.317 e. The van der Waals surface area contributed by atoms with Crippen LogP contribution in [0.5, 0.6) is 0 Å². The molecule has 164 valence electrons. The molecular formula is C27H29N3O2. The van der Waals surface area contributed by atoms with Gasteiger partial charge in [-0.3, -0.25) is 9.78 Å². The minimum Gasteiger partial charge on any atom is -0.329 e. The topological polar surface area (TPSA) is 62.3 Å². The summed E-state index contributed by atoms with van der Waals surface area (Å²) in [6, 6.07) is 23.2. The second-order valence-electron chi connectivity index (χ2n) is 8.44. The number of ketones is 1. The molecule has 0 saturated carbocycles. The van der Waals surface area contributed by atoms with Gasteiger partial charge in [0.05, 0.1) is 11.7 Å². The van der Waals surface area contributed by atoms with Gasteiger partial charge in [0.2, 0.25) is 0 Å². The molecule has 1 fully saturated rings. The van der Waals surface area contributed by atoms with Crippen molar-refractivity contribution in [2.24, 2.45) is 5.92 Å². The van der Waals surface area contributed by atoms with Crippen LogP contribution in [-0.2, 0) is 6.42 Å². The summed E-state index contributed by atoms with van der Waals surface area (Å²) in [5.74, 6) is 0.150. The van der Waals surface area contributed by atoms with Gasteiger partial charge >= 0.3 is 6.03 Å². The van der Waals surface area contributed by atoms with Crippen LogP contribution in [0, 0.1) is 12.8 Å². The number of benzene rings is 2. The quantitative estimate of drug-likeness (QED) is 0.565. The molecule has 0 spiro atoms. The normalized spacial score (nSPS) is 15.2. The summed E-state index contributed by atoms with van der Waals surface area (Å²) in [4.78, 5) is 32.1. The SMILES string of the molecule is Cc1ccc(CC(NC(=O)N2CCC(C(=O)c3ccccc3)CC2)c2ccccn2)cc1. The Morgan fingerprint density at radius 1 is 0.969 bits per heavy atom. The third-order valence-electron chi connectivity index (χ3n) is 6.11. The van der Waals surface area contributed by atoms with Crippen LogP contribution in [0.15, 0.2) is 79.0 Å². The first kappa shape index (κ1) is 21.8. The third kappa shape index (κ3) is 5.41. The second-order valence-corrected chi connectivity index (χ2v) is 8.44. The van der Waals surface area contributed by atoms with E-state index in [1.807, 2.05) is 53.4 Å². The lowest BCUT2D eigenvalue weighted by molar-refractivity contribution is 0.0853. The van der Waals surface area contributed by atoms with E-state index in [4.69, 9.17) is 0 Å². The number of urea groups is 1. The van der Waals surface area contributed by atoms with E-state index >= 15 is 0 Å². The lowest BCUT2D eigenvalue weighted by Crippen LogP contribution is -2.46. The Kier molecular flexibility index (Phi) is 6.95. The first-order chi connectivity index (χ1) is 15.6. The van der Waals surface area contributed by atoms with Gasteiger partial charge in [-0.25, -0.2) is 4.79 Å². The summed E-state index contributed by atoms with van der Waals surface area (Å²) in [6.07, 6.45) is 3.80. The van der Waals surface area contributed by atoms with E-state index in [1.54, 1.807) is 6.20 Å². The van der Waals surface area contributed by atoms with Crippen molar-refractivity contribution in [2.45, 2.75) is 32.2 Å². The Hall–Kier alpha value is -3.47. The highest BCUT2D eigenvalue weighted by molar-refractivity contribution is 5.98. The van der Waals surface area contributed by atoms with Gasteiger partial charge in [-0.2, -0.15) is 0 Å². The number of likely N-dealkylation sites (tertiary alicyclic amines) is 1. The van der Waals surface area contributed by atoms with Crippen molar-refractivity contribution in [3.63, 3.8) is 0 Å². The van der Waals surface area contributed by atoms with Gasteiger partial charge < -0.3 is 10.2 Å². The van der Waals surface area contributed by atoms with E-state index in [0.717, 1.165) is 16.8 Å². The predicted molar refractivity (Wildman–Crippen MR) is 125 cm³/mol. The molecule has 2 amide bonds.